The molecular formula is C22H25FN6O. The van der Waals surface area contributed by atoms with Crippen molar-refractivity contribution >= 4 is 5.82 Å². The molecule has 2 aliphatic rings. The van der Waals surface area contributed by atoms with Gasteiger partial charge in [0.05, 0.1) is 29.8 Å². The third-order valence-electron chi connectivity index (χ3n) is 6.33. The summed E-state index contributed by atoms with van der Waals surface area (Å²) in [6.45, 7) is 0. The summed E-state index contributed by atoms with van der Waals surface area (Å²) in [5.41, 5.74) is 2.79. The van der Waals surface area contributed by atoms with E-state index in [9.17, 15) is 9.50 Å². The number of aromatic hydroxyl groups is 1. The second-order valence-corrected chi connectivity index (χ2v) is 8.27. The third-order valence-corrected chi connectivity index (χ3v) is 6.33. The normalized spacial score (nSPS) is 25.4. The number of rotatable bonds is 4. The first-order valence-corrected chi connectivity index (χ1v) is 10.3. The van der Waals surface area contributed by atoms with Gasteiger partial charge in [-0.3, -0.25) is 9.67 Å². The number of benzene rings is 1. The van der Waals surface area contributed by atoms with Crippen LogP contribution < -0.4 is 10.2 Å². The SMILES string of the molecule is CN(c1cnc(-c2ccc(-c3ccn(C)n3)cc2O)cn1)[C@@H]1CC2CCC(N2)[C@@H]1F. The summed E-state index contributed by atoms with van der Waals surface area (Å²) in [5.74, 6) is 0.754. The van der Waals surface area contributed by atoms with E-state index in [4.69, 9.17) is 0 Å². The van der Waals surface area contributed by atoms with Gasteiger partial charge in [-0.15, -0.1) is 0 Å². The van der Waals surface area contributed by atoms with Crippen molar-refractivity contribution in [1.82, 2.24) is 25.1 Å². The molecule has 2 aromatic heterocycles. The van der Waals surface area contributed by atoms with Gasteiger partial charge in [0, 0.05) is 43.5 Å². The van der Waals surface area contributed by atoms with Crippen molar-refractivity contribution in [3.63, 3.8) is 0 Å². The van der Waals surface area contributed by atoms with Gasteiger partial charge < -0.3 is 15.3 Å². The average Bonchev–Trinajstić information content (AvgIpc) is 3.37. The highest BCUT2D eigenvalue weighted by Gasteiger charge is 2.43. The Morgan fingerprint density at radius 1 is 1.17 bits per heavy atom. The lowest BCUT2D eigenvalue weighted by atomic mass is 9.96. The summed E-state index contributed by atoms with van der Waals surface area (Å²) in [4.78, 5) is 10.9. The molecule has 2 saturated heterocycles. The minimum Gasteiger partial charge on any atom is -0.507 e. The van der Waals surface area contributed by atoms with Crippen LogP contribution in [0.4, 0.5) is 10.2 Å². The zero-order valence-electron chi connectivity index (χ0n) is 17.0. The van der Waals surface area contributed by atoms with E-state index in [0.29, 0.717) is 23.1 Å². The van der Waals surface area contributed by atoms with Crippen molar-refractivity contribution in [3.8, 4) is 28.3 Å². The van der Waals surface area contributed by atoms with Crippen LogP contribution in [-0.2, 0) is 7.05 Å². The number of fused-ring (bicyclic) bond motifs is 2. The van der Waals surface area contributed by atoms with Gasteiger partial charge in [0.2, 0.25) is 0 Å². The lowest BCUT2D eigenvalue weighted by Gasteiger charge is -2.38. The Labute approximate surface area is 174 Å². The van der Waals surface area contributed by atoms with Gasteiger partial charge in [0.15, 0.2) is 0 Å². The maximum Gasteiger partial charge on any atom is 0.147 e. The Balaban J connectivity index is 1.36. The van der Waals surface area contributed by atoms with Crippen molar-refractivity contribution in [2.45, 2.75) is 43.6 Å². The standard InChI is InChI=1S/C22H25FN6O/c1-28-8-7-16(27-28)13-3-5-15(20(30)9-13)18-11-25-21(12-24-18)29(2)19-10-14-4-6-17(26-14)22(19)23/h3,5,7-9,11-12,14,17,19,22,26,30H,4,6,10H2,1-2H3/t14?,17?,19-,22+/m1/s1. The maximum atomic E-state index is 14.9. The Kier molecular flexibility index (Phi) is 4.66. The molecule has 1 aromatic carbocycles. The van der Waals surface area contributed by atoms with Crippen LogP contribution in [0.2, 0.25) is 0 Å². The molecule has 30 heavy (non-hydrogen) atoms. The van der Waals surface area contributed by atoms with E-state index >= 15 is 0 Å². The van der Waals surface area contributed by atoms with E-state index in [-0.39, 0.29) is 17.8 Å². The number of hydrogen-bond donors (Lipinski definition) is 2. The minimum atomic E-state index is -0.918. The van der Waals surface area contributed by atoms with Crippen LogP contribution in [-0.4, -0.2) is 56.2 Å². The molecule has 0 aliphatic carbocycles. The van der Waals surface area contributed by atoms with Gasteiger partial charge in [-0.05, 0) is 37.5 Å². The smallest absolute Gasteiger partial charge is 0.147 e. The van der Waals surface area contributed by atoms with Crippen molar-refractivity contribution in [2.24, 2.45) is 7.05 Å². The quantitative estimate of drug-likeness (QED) is 0.691. The molecule has 0 saturated carbocycles. The molecule has 0 spiro atoms. The average molecular weight is 408 g/mol. The molecule has 7 nitrogen and oxygen atoms in total. The number of halogens is 1. The Bertz CT molecular complexity index is 1050. The van der Waals surface area contributed by atoms with Gasteiger partial charge in [0.1, 0.15) is 17.7 Å². The summed E-state index contributed by atoms with van der Waals surface area (Å²) in [6.07, 6.45) is 6.92. The molecule has 2 aliphatic heterocycles. The van der Waals surface area contributed by atoms with Crippen LogP contribution in [0.5, 0.6) is 5.75 Å². The molecule has 8 heteroatoms. The van der Waals surface area contributed by atoms with Crippen LogP contribution in [0.3, 0.4) is 0 Å². The molecule has 2 N–H and O–H groups in total. The number of phenolic OH excluding ortho intramolecular Hbond substituents is 1. The van der Waals surface area contributed by atoms with Crippen LogP contribution in [0.15, 0.2) is 42.9 Å². The van der Waals surface area contributed by atoms with Gasteiger partial charge in [-0.1, -0.05) is 6.07 Å². The van der Waals surface area contributed by atoms with E-state index in [1.807, 2.05) is 43.4 Å². The first kappa shape index (κ1) is 19.0. The van der Waals surface area contributed by atoms with Gasteiger partial charge >= 0.3 is 0 Å². The monoisotopic (exact) mass is 408 g/mol. The molecule has 4 heterocycles. The predicted octanol–water partition coefficient (Wildman–Crippen LogP) is 2.92. The molecule has 2 fully saturated rings. The maximum absolute atomic E-state index is 14.9. The highest BCUT2D eigenvalue weighted by molar-refractivity contribution is 5.72. The molecular weight excluding hydrogens is 383 g/mol. The molecule has 3 aromatic rings. The second-order valence-electron chi connectivity index (χ2n) is 8.27. The number of phenols is 1. The van der Waals surface area contributed by atoms with Crippen LogP contribution in [0.25, 0.3) is 22.5 Å². The van der Waals surface area contributed by atoms with E-state index in [2.05, 4.69) is 20.4 Å². The number of aromatic nitrogens is 4. The summed E-state index contributed by atoms with van der Waals surface area (Å²) < 4.78 is 16.6. The number of nitrogens with zero attached hydrogens (tertiary/aromatic N) is 5. The number of piperidine rings is 1. The summed E-state index contributed by atoms with van der Waals surface area (Å²) in [7, 11) is 3.73. The number of aryl methyl sites for hydroxylation is 1. The lowest BCUT2D eigenvalue weighted by Crippen LogP contribution is -2.55. The number of nitrogens with one attached hydrogen (secondary N) is 1. The zero-order chi connectivity index (χ0) is 20.8. The Morgan fingerprint density at radius 3 is 2.73 bits per heavy atom. The van der Waals surface area contributed by atoms with Crippen molar-refractivity contribution in [3.05, 3.63) is 42.9 Å². The number of alkyl halides is 1. The molecule has 0 radical (unpaired) electrons. The Morgan fingerprint density at radius 2 is 2.03 bits per heavy atom. The molecule has 2 unspecified atom stereocenters. The van der Waals surface area contributed by atoms with Crippen LogP contribution in [0.1, 0.15) is 19.3 Å². The first-order chi connectivity index (χ1) is 14.5. The fourth-order valence-electron chi connectivity index (χ4n) is 4.64. The highest BCUT2D eigenvalue weighted by Crippen LogP contribution is 2.34. The lowest BCUT2D eigenvalue weighted by molar-refractivity contribution is 0.176. The molecule has 4 atom stereocenters. The number of anilines is 1. The Hall–Kier alpha value is -3.00. The molecule has 2 bridgehead atoms. The number of hydrogen-bond acceptors (Lipinski definition) is 6. The summed E-state index contributed by atoms with van der Waals surface area (Å²) in [6, 6.07) is 7.41. The van der Waals surface area contributed by atoms with Gasteiger partial charge in [0.25, 0.3) is 0 Å². The predicted molar refractivity (Wildman–Crippen MR) is 113 cm³/mol. The molecule has 156 valence electrons. The van der Waals surface area contributed by atoms with Gasteiger partial charge in [-0.25, -0.2) is 9.37 Å². The van der Waals surface area contributed by atoms with E-state index in [1.54, 1.807) is 23.1 Å². The highest BCUT2D eigenvalue weighted by atomic mass is 19.1. The van der Waals surface area contributed by atoms with E-state index in [0.717, 1.165) is 30.5 Å². The molecule has 5 rings (SSSR count). The largest absolute Gasteiger partial charge is 0.507 e. The molecule has 0 amide bonds. The minimum absolute atomic E-state index is 0.0574. The third kappa shape index (κ3) is 3.31. The fraction of sp³-hybridized carbons (Fsp3) is 0.409. The van der Waals surface area contributed by atoms with E-state index in [1.165, 1.54) is 0 Å². The summed E-state index contributed by atoms with van der Waals surface area (Å²) >= 11 is 0. The van der Waals surface area contributed by atoms with Gasteiger partial charge in [-0.2, -0.15) is 5.10 Å². The fourth-order valence-corrected chi connectivity index (χ4v) is 4.64. The van der Waals surface area contributed by atoms with Crippen molar-refractivity contribution < 1.29 is 9.50 Å². The zero-order valence-corrected chi connectivity index (χ0v) is 17.0. The second kappa shape index (κ2) is 7.36. The van der Waals surface area contributed by atoms with Crippen LogP contribution >= 0.6 is 0 Å². The van der Waals surface area contributed by atoms with Crippen molar-refractivity contribution in [2.75, 3.05) is 11.9 Å². The van der Waals surface area contributed by atoms with Crippen molar-refractivity contribution in [1.29, 1.82) is 0 Å². The van der Waals surface area contributed by atoms with E-state index < -0.39 is 6.17 Å². The van der Waals surface area contributed by atoms with Crippen LogP contribution in [0, 0.1) is 0 Å². The topological polar surface area (TPSA) is 79.1 Å². The summed E-state index contributed by atoms with van der Waals surface area (Å²) in [5, 5.41) is 18.2. The first-order valence-electron chi connectivity index (χ1n) is 10.3.